The van der Waals surface area contributed by atoms with Crippen molar-refractivity contribution in [2.24, 2.45) is 0 Å². The molecule has 6 heteroatoms. The maximum atomic E-state index is 12.5. The molecule has 22 heavy (non-hydrogen) atoms. The molecule has 4 rings (SSSR count). The lowest BCUT2D eigenvalue weighted by atomic mass is 9.99. The highest BCUT2D eigenvalue weighted by molar-refractivity contribution is 6.32. The fourth-order valence-electron chi connectivity index (χ4n) is 3.77. The number of amides is 1. The third kappa shape index (κ3) is 2.42. The Morgan fingerprint density at radius 3 is 3.05 bits per heavy atom. The molecule has 2 atom stereocenters. The van der Waals surface area contributed by atoms with Crippen LogP contribution in [0.25, 0.3) is 0 Å². The third-order valence-corrected chi connectivity index (χ3v) is 5.14. The van der Waals surface area contributed by atoms with E-state index in [9.17, 15) is 4.79 Å². The molecule has 0 aliphatic carbocycles. The number of carbonyl (C=O) groups is 1. The molecule has 0 aromatic heterocycles. The number of rotatable bonds is 2. The van der Waals surface area contributed by atoms with Crippen molar-refractivity contribution < 1.29 is 14.3 Å². The average Bonchev–Trinajstić information content (AvgIpc) is 3.15. The Hall–Kier alpha value is -1.46. The van der Waals surface area contributed by atoms with Crippen molar-refractivity contribution in [2.75, 3.05) is 19.9 Å². The molecule has 1 N–H and O–H groups in total. The van der Waals surface area contributed by atoms with Gasteiger partial charge in [0.05, 0.1) is 5.02 Å². The predicted molar refractivity (Wildman–Crippen MR) is 82.7 cm³/mol. The van der Waals surface area contributed by atoms with Gasteiger partial charge in [0.1, 0.15) is 0 Å². The van der Waals surface area contributed by atoms with E-state index < -0.39 is 0 Å². The Morgan fingerprint density at radius 2 is 2.14 bits per heavy atom. The van der Waals surface area contributed by atoms with Crippen molar-refractivity contribution in [3.63, 3.8) is 0 Å². The van der Waals surface area contributed by atoms with Crippen molar-refractivity contribution in [2.45, 2.75) is 37.8 Å². The minimum atomic E-state index is -0.0855. The largest absolute Gasteiger partial charge is 0.454 e. The molecule has 118 valence electrons. The fourth-order valence-corrected chi connectivity index (χ4v) is 4.03. The van der Waals surface area contributed by atoms with Crippen LogP contribution >= 0.6 is 11.6 Å². The maximum Gasteiger partial charge on any atom is 0.251 e. The predicted octanol–water partition coefficient (Wildman–Crippen LogP) is 2.43. The molecule has 3 aliphatic rings. The summed E-state index contributed by atoms with van der Waals surface area (Å²) in [5, 5.41) is 3.60. The highest BCUT2D eigenvalue weighted by Crippen LogP contribution is 2.39. The summed E-state index contributed by atoms with van der Waals surface area (Å²) in [5.74, 6) is 0.985. The van der Waals surface area contributed by atoms with E-state index in [1.807, 2.05) is 0 Å². The Bertz CT molecular complexity index is 607. The second-order valence-corrected chi connectivity index (χ2v) is 6.57. The van der Waals surface area contributed by atoms with Gasteiger partial charge in [0.15, 0.2) is 11.5 Å². The summed E-state index contributed by atoms with van der Waals surface area (Å²) in [5.41, 5.74) is 0.531. The zero-order valence-corrected chi connectivity index (χ0v) is 13.1. The number of benzene rings is 1. The van der Waals surface area contributed by atoms with Crippen LogP contribution in [0.4, 0.5) is 0 Å². The highest BCUT2D eigenvalue weighted by Gasteiger charge is 2.36. The first-order chi connectivity index (χ1) is 10.7. The van der Waals surface area contributed by atoms with Crippen molar-refractivity contribution in [3.05, 3.63) is 22.7 Å². The fraction of sp³-hybridized carbons (Fsp3) is 0.562. The molecular formula is C16H19ClN2O3. The molecule has 2 saturated heterocycles. The van der Waals surface area contributed by atoms with E-state index >= 15 is 0 Å². The van der Waals surface area contributed by atoms with E-state index in [0.717, 1.165) is 19.5 Å². The SMILES string of the molecule is O=C(N[C@H]1CCN2CCCC[C@H]12)c1cc(Cl)c2c(c1)OCO2. The summed E-state index contributed by atoms with van der Waals surface area (Å²) < 4.78 is 10.6. The van der Waals surface area contributed by atoms with E-state index in [4.69, 9.17) is 21.1 Å². The monoisotopic (exact) mass is 322 g/mol. The number of hydrogen-bond donors (Lipinski definition) is 1. The summed E-state index contributed by atoms with van der Waals surface area (Å²) in [6.45, 7) is 2.39. The Labute approximate surface area is 134 Å². The van der Waals surface area contributed by atoms with E-state index in [2.05, 4.69) is 10.2 Å². The lowest BCUT2D eigenvalue weighted by Gasteiger charge is -2.32. The first-order valence-corrected chi connectivity index (χ1v) is 8.24. The number of hydrogen-bond acceptors (Lipinski definition) is 4. The molecule has 0 unspecified atom stereocenters. The zero-order valence-electron chi connectivity index (χ0n) is 12.3. The molecule has 0 spiro atoms. The summed E-state index contributed by atoms with van der Waals surface area (Å²) in [7, 11) is 0. The number of nitrogens with one attached hydrogen (secondary N) is 1. The molecule has 1 aromatic rings. The minimum Gasteiger partial charge on any atom is -0.454 e. The second-order valence-electron chi connectivity index (χ2n) is 6.16. The Kier molecular flexibility index (Phi) is 3.62. The van der Waals surface area contributed by atoms with Crippen LogP contribution in [0.3, 0.4) is 0 Å². The summed E-state index contributed by atoms with van der Waals surface area (Å²) in [6, 6.07) is 4.08. The number of carbonyl (C=O) groups excluding carboxylic acids is 1. The summed E-state index contributed by atoms with van der Waals surface area (Å²) in [6.07, 6.45) is 4.72. The van der Waals surface area contributed by atoms with Gasteiger partial charge in [0.2, 0.25) is 6.79 Å². The van der Waals surface area contributed by atoms with E-state index in [0.29, 0.717) is 28.1 Å². The van der Waals surface area contributed by atoms with Gasteiger partial charge in [-0.05, 0) is 37.9 Å². The van der Waals surface area contributed by atoms with Crippen LogP contribution in [0.5, 0.6) is 11.5 Å². The van der Waals surface area contributed by atoms with Crippen LogP contribution < -0.4 is 14.8 Å². The van der Waals surface area contributed by atoms with Gasteiger partial charge in [0, 0.05) is 24.2 Å². The van der Waals surface area contributed by atoms with Gasteiger partial charge in [-0.15, -0.1) is 0 Å². The Balaban J connectivity index is 1.49. The number of halogens is 1. The van der Waals surface area contributed by atoms with Crippen LogP contribution in [-0.4, -0.2) is 42.8 Å². The van der Waals surface area contributed by atoms with Gasteiger partial charge in [-0.3, -0.25) is 9.69 Å². The normalized spacial score (nSPS) is 26.8. The minimum absolute atomic E-state index is 0.0855. The molecular weight excluding hydrogens is 304 g/mol. The van der Waals surface area contributed by atoms with E-state index in [1.54, 1.807) is 12.1 Å². The molecule has 3 aliphatic heterocycles. The molecule has 0 radical (unpaired) electrons. The average molecular weight is 323 g/mol. The van der Waals surface area contributed by atoms with Crippen LogP contribution in [0, 0.1) is 0 Å². The van der Waals surface area contributed by atoms with Gasteiger partial charge in [0.25, 0.3) is 5.91 Å². The number of piperidine rings is 1. The smallest absolute Gasteiger partial charge is 0.251 e. The quantitative estimate of drug-likeness (QED) is 0.908. The van der Waals surface area contributed by atoms with Crippen molar-refractivity contribution >= 4 is 17.5 Å². The molecule has 1 amide bonds. The third-order valence-electron chi connectivity index (χ3n) is 4.86. The molecule has 1 aromatic carbocycles. The topological polar surface area (TPSA) is 50.8 Å². The van der Waals surface area contributed by atoms with E-state index in [1.165, 1.54) is 19.3 Å². The number of ether oxygens (including phenoxy) is 2. The molecule has 0 saturated carbocycles. The second kappa shape index (κ2) is 5.63. The summed E-state index contributed by atoms with van der Waals surface area (Å²) >= 11 is 6.15. The maximum absolute atomic E-state index is 12.5. The van der Waals surface area contributed by atoms with Crippen molar-refractivity contribution in [3.8, 4) is 11.5 Å². The van der Waals surface area contributed by atoms with Crippen molar-refractivity contribution in [1.29, 1.82) is 0 Å². The van der Waals surface area contributed by atoms with Gasteiger partial charge in [-0.1, -0.05) is 18.0 Å². The number of fused-ring (bicyclic) bond motifs is 2. The molecule has 2 fully saturated rings. The Morgan fingerprint density at radius 1 is 1.23 bits per heavy atom. The molecule has 5 nitrogen and oxygen atoms in total. The van der Waals surface area contributed by atoms with Gasteiger partial charge < -0.3 is 14.8 Å². The lowest BCUT2D eigenvalue weighted by molar-refractivity contribution is 0.0915. The van der Waals surface area contributed by atoms with Crippen molar-refractivity contribution in [1.82, 2.24) is 10.2 Å². The first kappa shape index (κ1) is 14.2. The first-order valence-electron chi connectivity index (χ1n) is 7.86. The van der Waals surface area contributed by atoms with E-state index in [-0.39, 0.29) is 18.7 Å². The van der Waals surface area contributed by atoms with Gasteiger partial charge in [-0.25, -0.2) is 0 Å². The van der Waals surface area contributed by atoms with Crippen LogP contribution in [-0.2, 0) is 0 Å². The van der Waals surface area contributed by atoms with Crippen LogP contribution in [0.2, 0.25) is 5.02 Å². The zero-order chi connectivity index (χ0) is 15.1. The van der Waals surface area contributed by atoms with Crippen LogP contribution in [0.15, 0.2) is 12.1 Å². The number of nitrogens with zero attached hydrogens (tertiary/aromatic N) is 1. The summed E-state index contributed by atoms with van der Waals surface area (Å²) in [4.78, 5) is 15.0. The van der Waals surface area contributed by atoms with Gasteiger partial charge in [-0.2, -0.15) is 0 Å². The van der Waals surface area contributed by atoms with Crippen LogP contribution in [0.1, 0.15) is 36.0 Å². The molecule has 3 heterocycles. The standard InChI is InChI=1S/C16H19ClN2O3/c17-11-7-10(8-14-15(11)22-9-21-14)16(20)18-12-4-6-19-5-2-1-3-13(12)19/h7-8,12-13H,1-6,9H2,(H,18,20)/t12-,13+/m0/s1. The highest BCUT2D eigenvalue weighted by atomic mass is 35.5. The lowest BCUT2D eigenvalue weighted by Crippen LogP contribution is -2.46. The van der Waals surface area contributed by atoms with Gasteiger partial charge >= 0.3 is 0 Å². The molecule has 0 bridgehead atoms.